The van der Waals surface area contributed by atoms with Gasteiger partial charge in [-0.05, 0) is 83.0 Å². The van der Waals surface area contributed by atoms with Gasteiger partial charge in [-0.2, -0.15) is 0 Å². The number of ether oxygens (including phenoxy) is 1. The number of esters is 1. The SMILES string of the molecule is C=CC(=O)OC(C)(C)C12CC3CC(CC(CC(C)O)(C3)C1)C2. The Bertz CT molecular complexity index is 458. The van der Waals surface area contributed by atoms with Gasteiger partial charge in [0.05, 0.1) is 6.10 Å². The van der Waals surface area contributed by atoms with Crippen molar-refractivity contribution in [2.75, 3.05) is 0 Å². The Hall–Kier alpha value is -0.830. The van der Waals surface area contributed by atoms with Gasteiger partial charge in [0.25, 0.3) is 0 Å². The first-order valence-electron chi connectivity index (χ1n) is 8.73. The average molecular weight is 306 g/mol. The van der Waals surface area contributed by atoms with E-state index in [1.165, 1.54) is 38.2 Å². The molecule has 0 spiro atoms. The number of hydrogen-bond donors (Lipinski definition) is 1. The summed E-state index contributed by atoms with van der Waals surface area (Å²) in [6, 6.07) is 0. The molecule has 3 atom stereocenters. The van der Waals surface area contributed by atoms with Gasteiger partial charge in [-0.25, -0.2) is 4.79 Å². The zero-order chi connectivity index (χ0) is 16.2. The third-order valence-corrected chi connectivity index (χ3v) is 6.71. The molecular formula is C19H30O3. The lowest BCUT2D eigenvalue weighted by Crippen LogP contribution is -2.61. The molecule has 0 aromatic carbocycles. The highest BCUT2D eigenvalue weighted by Gasteiger charge is 2.63. The van der Waals surface area contributed by atoms with E-state index >= 15 is 0 Å². The summed E-state index contributed by atoms with van der Waals surface area (Å²) in [5.41, 5.74) is -0.124. The predicted octanol–water partition coefficient (Wildman–Crippen LogP) is 3.85. The molecule has 4 aliphatic rings. The van der Waals surface area contributed by atoms with E-state index in [-0.39, 0.29) is 22.9 Å². The van der Waals surface area contributed by atoms with Crippen LogP contribution in [0.1, 0.15) is 65.7 Å². The monoisotopic (exact) mass is 306 g/mol. The minimum atomic E-state index is -0.458. The third kappa shape index (κ3) is 2.51. The van der Waals surface area contributed by atoms with Crippen LogP contribution in [-0.2, 0) is 9.53 Å². The molecule has 22 heavy (non-hydrogen) atoms. The van der Waals surface area contributed by atoms with E-state index in [0.29, 0.717) is 0 Å². The van der Waals surface area contributed by atoms with E-state index in [1.54, 1.807) is 0 Å². The fourth-order valence-corrected chi connectivity index (χ4v) is 6.42. The number of carbonyl (C=O) groups is 1. The van der Waals surface area contributed by atoms with Gasteiger partial charge in [0.15, 0.2) is 0 Å². The number of aliphatic hydroxyl groups is 1. The van der Waals surface area contributed by atoms with Crippen LogP contribution < -0.4 is 0 Å². The lowest BCUT2D eigenvalue weighted by atomic mass is 9.40. The zero-order valence-electron chi connectivity index (χ0n) is 14.2. The maximum Gasteiger partial charge on any atom is 0.330 e. The van der Waals surface area contributed by atoms with Gasteiger partial charge in [0.1, 0.15) is 5.60 Å². The number of aliphatic hydroxyl groups excluding tert-OH is 1. The van der Waals surface area contributed by atoms with E-state index in [4.69, 9.17) is 4.74 Å². The van der Waals surface area contributed by atoms with Crippen LogP contribution in [0.3, 0.4) is 0 Å². The topological polar surface area (TPSA) is 46.5 Å². The number of rotatable bonds is 5. The standard InChI is InChI=1S/C19H30O3/c1-5-16(21)22-17(3,4)19-10-14-6-15(11-19)9-18(8-14,12-19)7-13(2)20/h5,13-15,20H,1,6-12H2,2-4H3. The van der Waals surface area contributed by atoms with Gasteiger partial charge in [0.2, 0.25) is 0 Å². The highest BCUT2D eigenvalue weighted by atomic mass is 16.6. The molecule has 0 aliphatic heterocycles. The first-order chi connectivity index (χ1) is 10.2. The number of carbonyl (C=O) groups excluding carboxylic acids is 1. The molecule has 3 heteroatoms. The molecule has 0 saturated heterocycles. The highest BCUT2D eigenvalue weighted by Crippen LogP contribution is 2.69. The molecular weight excluding hydrogens is 276 g/mol. The van der Waals surface area contributed by atoms with Crippen molar-refractivity contribution >= 4 is 5.97 Å². The Morgan fingerprint density at radius 3 is 2.45 bits per heavy atom. The average Bonchev–Trinajstić information content (AvgIpc) is 2.34. The summed E-state index contributed by atoms with van der Waals surface area (Å²) in [4.78, 5) is 11.8. The second-order valence-corrected chi connectivity index (χ2v) is 8.93. The van der Waals surface area contributed by atoms with Crippen LogP contribution in [0.15, 0.2) is 12.7 Å². The molecule has 124 valence electrons. The second-order valence-electron chi connectivity index (χ2n) is 8.93. The zero-order valence-corrected chi connectivity index (χ0v) is 14.2. The van der Waals surface area contributed by atoms with Crippen molar-refractivity contribution in [2.24, 2.45) is 22.7 Å². The van der Waals surface area contributed by atoms with Crippen molar-refractivity contribution in [1.29, 1.82) is 0 Å². The molecule has 0 amide bonds. The summed E-state index contributed by atoms with van der Waals surface area (Å²) in [5.74, 6) is 1.16. The van der Waals surface area contributed by atoms with Crippen LogP contribution in [-0.4, -0.2) is 22.8 Å². The van der Waals surface area contributed by atoms with Crippen LogP contribution in [0.4, 0.5) is 0 Å². The fraction of sp³-hybridized carbons (Fsp3) is 0.842. The Morgan fingerprint density at radius 1 is 1.36 bits per heavy atom. The summed E-state index contributed by atoms with van der Waals surface area (Å²) < 4.78 is 5.80. The molecule has 4 bridgehead atoms. The lowest BCUT2D eigenvalue weighted by Gasteiger charge is -2.66. The summed E-state index contributed by atoms with van der Waals surface area (Å²) in [5, 5.41) is 9.98. The second kappa shape index (κ2) is 5.09. The van der Waals surface area contributed by atoms with Crippen molar-refractivity contribution in [1.82, 2.24) is 0 Å². The molecule has 4 fully saturated rings. The van der Waals surface area contributed by atoms with Crippen LogP contribution in [0, 0.1) is 22.7 Å². The Labute approximate surface area is 134 Å². The van der Waals surface area contributed by atoms with E-state index < -0.39 is 5.60 Å². The molecule has 0 radical (unpaired) electrons. The molecule has 1 N–H and O–H groups in total. The first kappa shape index (κ1) is 16.0. The van der Waals surface area contributed by atoms with Gasteiger partial charge in [0, 0.05) is 11.5 Å². The van der Waals surface area contributed by atoms with Crippen LogP contribution in [0.25, 0.3) is 0 Å². The predicted molar refractivity (Wildman–Crippen MR) is 86.2 cm³/mol. The van der Waals surface area contributed by atoms with E-state index in [0.717, 1.165) is 24.7 Å². The Balaban J connectivity index is 1.90. The lowest BCUT2D eigenvalue weighted by molar-refractivity contribution is -0.214. The molecule has 4 aliphatic carbocycles. The van der Waals surface area contributed by atoms with Gasteiger partial charge >= 0.3 is 5.97 Å². The summed E-state index contributed by atoms with van der Waals surface area (Å²) >= 11 is 0. The molecule has 0 heterocycles. The molecule has 0 aromatic heterocycles. The summed E-state index contributed by atoms with van der Waals surface area (Å²) in [7, 11) is 0. The molecule has 4 saturated carbocycles. The minimum absolute atomic E-state index is 0.0741. The summed E-state index contributed by atoms with van der Waals surface area (Å²) in [6.07, 6.45) is 9.19. The van der Waals surface area contributed by atoms with E-state index in [2.05, 4.69) is 20.4 Å². The minimum Gasteiger partial charge on any atom is -0.456 e. The summed E-state index contributed by atoms with van der Waals surface area (Å²) in [6.45, 7) is 9.61. The van der Waals surface area contributed by atoms with Crippen molar-refractivity contribution in [3.63, 3.8) is 0 Å². The number of hydrogen-bond acceptors (Lipinski definition) is 3. The molecule has 0 aromatic rings. The van der Waals surface area contributed by atoms with E-state index in [9.17, 15) is 9.90 Å². The normalized spacial score (nSPS) is 41.3. The van der Waals surface area contributed by atoms with E-state index in [1.807, 2.05) is 6.92 Å². The maximum absolute atomic E-state index is 11.8. The molecule has 3 nitrogen and oxygen atoms in total. The maximum atomic E-state index is 11.8. The smallest absolute Gasteiger partial charge is 0.330 e. The highest BCUT2D eigenvalue weighted by molar-refractivity contribution is 5.81. The largest absolute Gasteiger partial charge is 0.456 e. The van der Waals surface area contributed by atoms with Gasteiger partial charge in [-0.3, -0.25) is 0 Å². The third-order valence-electron chi connectivity index (χ3n) is 6.71. The van der Waals surface area contributed by atoms with Crippen LogP contribution in [0.2, 0.25) is 0 Å². The molecule has 4 rings (SSSR count). The van der Waals surface area contributed by atoms with Gasteiger partial charge in [-0.15, -0.1) is 0 Å². The van der Waals surface area contributed by atoms with Gasteiger partial charge < -0.3 is 9.84 Å². The van der Waals surface area contributed by atoms with Crippen LogP contribution >= 0.6 is 0 Å². The van der Waals surface area contributed by atoms with Crippen molar-refractivity contribution < 1.29 is 14.6 Å². The van der Waals surface area contributed by atoms with Crippen molar-refractivity contribution in [2.45, 2.75) is 77.4 Å². The van der Waals surface area contributed by atoms with Crippen LogP contribution in [0.5, 0.6) is 0 Å². The fourth-order valence-electron chi connectivity index (χ4n) is 6.42. The quantitative estimate of drug-likeness (QED) is 0.620. The Morgan fingerprint density at radius 2 is 1.95 bits per heavy atom. The van der Waals surface area contributed by atoms with Crippen molar-refractivity contribution in [3.8, 4) is 0 Å². The first-order valence-corrected chi connectivity index (χ1v) is 8.73. The van der Waals surface area contributed by atoms with Gasteiger partial charge in [-0.1, -0.05) is 6.58 Å². The molecule has 3 unspecified atom stereocenters. The van der Waals surface area contributed by atoms with Crippen molar-refractivity contribution in [3.05, 3.63) is 12.7 Å². The Kier molecular flexibility index (Phi) is 3.71.